The maximum atomic E-state index is 4.41. The molecule has 0 amide bonds. The zero-order valence-electron chi connectivity index (χ0n) is 10.6. The summed E-state index contributed by atoms with van der Waals surface area (Å²) >= 11 is 0. The van der Waals surface area contributed by atoms with Crippen LogP contribution in [0, 0.1) is 11.5 Å². The van der Waals surface area contributed by atoms with E-state index in [1.54, 1.807) is 10.7 Å². The van der Waals surface area contributed by atoms with Crippen molar-refractivity contribution in [3.63, 3.8) is 0 Å². The largest absolute Gasteiger partial charge is 0.372 e. The Morgan fingerprint density at radius 3 is 2.71 bits per heavy atom. The number of nitrogens with zero attached hydrogens (tertiary/aromatic N) is 3. The predicted molar refractivity (Wildman–Crippen MR) is 72.8 cm³/mol. The Bertz CT molecular complexity index is 598. The summed E-state index contributed by atoms with van der Waals surface area (Å²) in [7, 11) is 0.478. The summed E-state index contributed by atoms with van der Waals surface area (Å²) < 4.78 is 1.78. The number of hydrogen-bond acceptors (Lipinski definition) is 3. The van der Waals surface area contributed by atoms with E-state index in [4.69, 9.17) is 0 Å². The van der Waals surface area contributed by atoms with Gasteiger partial charge in [-0.05, 0) is 12.1 Å². The lowest BCUT2D eigenvalue weighted by atomic mass is 10.5. The standard InChI is InChI=1S/C12H16N4Si/c1-13-11-5-6-12-14-9-10(16(12)15-11)7-8-17(2,3)4/h5-6,9H,1-4H3,(H,13,15). The highest BCUT2D eigenvalue weighted by molar-refractivity contribution is 6.83. The summed E-state index contributed by atoms with van der Waals surface area (Å²) in [6.07, 6.45) is 1.77. The van der Waals surface area contributed by atoms with Crippen molar-refractivity contribution >= 4 is 19.5 Å². The van der Waals surface area contributed by atoms with E-state index in [0.717, 1.165) is 17.2 Å². The summed E-state index contributed by atoms with van der Waals surface area (Å²) in [5.41, 5.74) is 4.99. The van der Waals surface area contributed by atoms with Crippen LogP contribution in [0.4, 0.5) is 5.82 Å². The molecule has 4 nitrogen and oxygen atoms in total. The number of aromatic nitrogens is 3. The summed E-state index contributed by atoms with van der Waals surface area (Å²) in [5, 5.41) is 7.42. The monoisotopic (exact) mass is 244 g/mol. The van der Waals surface area contributed by atoms with Crippen LogP contribution in [0.3, 0.4) is 0 Å². The topological polar surface area (TPSA) is 42.2 Å². The third-order valence-corrected chi connectivity index (χ3v) is 3.06. The van der Waals surface area contributed by atoms with Crippen molar-refractivity contribution < 1.29 is 0 Å². The fourth-order valence-electron chi connectivity index (χ4n) is 1.34. The maximum absolute atomic E-state index is 4.41. The summed E-state index contributed by atoms with van der Waals surface area (Å²) in [6.45, 7) is 6.65. The molecule has 2 rings (SSSR count). The molecule has 0 bridgehead atoms. The molecule has 0 atom stereocenters. The molecule has 2 heterocycles. The van der Waals surface area contributed by atoms with Gasteiger partial charge in [-0.25, -0.2) is 9.50 Å². The van der Waals surface area contributed by atoms with Crippen molar-refractivity contribution in [2.75, 3.05) is 12.4 Å². The fourth-order valence-corrected chi connectivity index (χ4v) is 1.85. The van der Waals surface area contributed by atoms with Crippen LogP contribution >= 0.6 is 0 Å². The van der Waals surface area contributed by atoms with E-state index < -0.39 is 8.07 Å². The Kier molecular flexibility index (Phi) is 2.90. The average Bonchev–Trinajstić information content (AvgIpc) is 2.67. The van der Waals surface area contributed by atoms with Crippen LogP contribution in [-0.4, -0.2) is 29.7 Å². The Hall–Kier alpha value is -1.80. The van der Waals surface area contributed by atoms with E-state index in [0.29, 0.717) is 0 Å². The Morgan fingerprint density at radius 2 is 2.06 bits per heavy atom. The molecule has 0 aromatic carbocycles. The van der Waals surface area contributed by atoms with E-state index in [1.807, 2.05) is 19.2 Å². The van der Waals surface area contributed by atoms with Crippen molar-refractivity contribution in [3.05, 3.63) is 24.0 Å². The van der Waals surface area contributed by atoms with Gasteiger partial charge in [0.25, 0.3) is 0 Å². The lowest BCUT2D eigenvalue weighted by Crippen LogP contribution is -2.16. The first-order chi connectivity index (χ1) is 7.99. The Morgan fingerprint density at radius 1 is 1.29 bits per heavy atom. The number of rotatable bonds is 1. The van der Waals surface area contributed by atoms with Crippen molar-refractivity contribution in [2.45, 2.75) is 19.6 Å². The number of hydrogen-bond donors (Lipinski definition) is 1. The summed E-state index contributed by atoms with van der Waals surface area (Å²) in [6, 6.07) is 3.83. The molecule has 0 radical (unpaired) electrons. The van der Waals surface area contributed by atoms with Gasteiger partial charge in [-0.3, -0.25) is 0 Å². The van der Waals surface area contributed by atoms with Gasteiger partial charge in [0.2, 0.25) is 0 Å². The quantitative estimate of drug-likeness (QED) is 0.616. The third kappa shape index (κ3) is 2.66. The first kappa shape index (κ1) is 11.7. The molecule has 88 valence electrons. The first-order valence-electron chi connectivity index (χ1n) is 5.55. The summed E-state index contributed by atoms with van der Waals surface area (Å²) in [4.78, 5) is 4.28. The molecule has 0 spiro atoms. The minimum absolute atomic E-state index is 0.812. The molecule has 0 saturated heterocycles. The molecule has 0 aliphatic heterocycles. The molecular formula is C12H16N4Si. The van der Waals surface area contributed by atoms with Crippen LogP contribution in [0.5, 0.6) is 0 Å². The van der Waals surface area contributed by atoms with E-state index in [2.05, 4.69) is 46.5 Å². The van der Waals surface area contributed by atoms with Gasteiger partial charge >= 0.3 is 0 Å². The van der Waals surface area contributed by atoms with Gasteiger partial charge in [0.05, 0.1) is 6.20 Å². The lowest BCUT2D eigenvalue weighted by Gasteiger charge is -2.03. The molecule has 17 heavy (non-hydrogen) atoms. The zero-order chi connectivity index (χ0) is 12.5. The molecule has 2 aromatic heterocycles. The van der Waals surface area contributed by atoms with Gasteiger partial charge in [-0.1, -0.05) is 25.6 Å². The number of anilines is 1. The molecule has 0 saturated carbocycles. The van der Waals surface area contributed by atoms with Crippen LogP contribution in [0.1, 0.15) is 5.69 Å². The molecule has 0 fully saturated rings. The van der Waals surface area contributed by atoms with Crippen molar-refractivity contribution in [1.82, 2.24) is 14.6 Å². The minimum atomic E-state index is -1.37. The van der Waals surface area contributed by atoms with Crippen molar-refractivity contribution in [1.29, 1.82) is 0 Å². The van der Waals surface area contributed by atoms with Gasteiger partial charge in [0.15, 0.2) is 5.65 Å². The maximum Gasteiger partial charge on any atom is 0.155 e. The van der Waals surface area contributed by atoms with Crippen LogP contribution in [0.15, 0.2) is 18.3 Å². The highest BCUT2D eigenvalue weighted by atomic mass is 28.3. The molecular weight excluding hydrogens is 228 g/mol. The predicted octanol–water partition coefficient (Wildman–Crippen LogP) is 2.00. The average molecular weight is 244 g/mol. The SMILES string of the molecule is CNc1ccc2ncc(C#C[Si](C)(C)C)n2n1. The number of fused-ring (bicyclic) bond motifs is 1. The van der Waals surface area contributed by atoms with Crippen molar-refractivity contribution in [2.24, 2.45) is 0 Å². The smallest absolute Gasteiger partial charge is 0.155 e. The zero-order valence-corrected chi connectivity index (χ0v) is 11.6. The molecule has 0 aliphatic rings. The number of imidazole rings is 1. The summed E-state index contributed by atoms with van der Waals surface area (Å²) in [5.74, 6) is 3.99. The Labute approximate surface area is 102 Å². The first-order valence-corrected chi connectivity index (χ1v) is 9.05. The second kappa shape index (κ2) is 4.22. The van der Waals surface area contributed by atoms with Crippen LogP contribution in [-0.2, 0) is 0 Å². The van der Waals surface area contributed by atoms with E-state index in [-0.39, 0.29) is 0 Å². The van der Waals surface area contributed by atoms with E-state index in [1.165, 1.54) is 0 Å². The van der Waals surface area contributed by atoms with Gasteiger partial charge in [0, 0.05) is 7.05 Å². The molecule has 1 N–H and O–H groups in total. The van der Waals surface area contributed by atoms with Crippen LogP contribution < -0.4 is 5.32 Å². The molecule has 0 aliphatic carbocycles. The normalized spacial score (nSPS) is 11.1. The fraction of sp³-hybridized carbons (Fsp3) is 0.333. The van der Waals surface area contributed by atoms with Gasteiger partial charge < -0.3 is 5.32 Å². The lowest BCUT2D eigenvalue weighted by molar-refractivity contribution is 0.927. The number of nitrogens with one attached hydrogen (secondary N) is 1. The molecule has 0 unspecified atom stereocenters. The van der Waals surface area contributed by atoms with Crippen LogP contribution in [0.2, 0.25) is 19.6 Å². The highest BCUT2D eigenvalue weighted by Gasteiger charge is 2.08. The second-order valence-corrected chi connectivity index (χ2v) is 9.63. The molecule has 5 heteroatoms. The Balaban J connectivity index is 2.50. The van der Waals surface area contributed by atoms with Crippen molar-refractivity contribution in [3.8, 4) is 11.5 Å². The van der Waals surface area contributed by atoms with E-state index >= 15 is 0 Å². The van der Waals surface area contributed by atoms with Gasteiger partial charge in [-0.15, -0.1) is 10.6 Å². The van der Waals surface area contributed by atoms with E-state index in [9.17, 15) is 0 Å². The molecule has 2 aromatic rings. The highest BCUT2D eigenvalue weighted by Crippen LogP contribution is 2.08. The van der Waals surface area contributed by atoms with Crippen LogP contribution in [0.25, 0.3) is 5.65 Å². The van der Waals surface area contributed by atoms with Gasteiger partial charge in [-0.2, -0.15) is 0 Å². The second-order valence-electron chi connectivity index (χ2n) is 4.88. The van der Waals surface area contributed by atoms with Gasteiger partial charge in [0.1, 0.15) is 19.6 Å². The minimum Gasteiger partial charge on any atom is -0.372 e. The third-order valence-electron chi connectivity index (χ3n) is 2.18.